The van der Waals surface area contributed by atoms with Crippen LogP contribution >= 0.6 is 0 Å². The first-order chi connectivity index (χ1) is 15.0. The number of Topliss-reactive ketones (excluding diaryl/α,β-unsaturated/α-hetero) is 1. The molecule has 4 nitrogen and oxygen atoms in total. The van der Waals surface area contributed by atoms with E-state index in [0.717, 1.165) is 28.1 Å². The third kappa shape index (κ3) is 5.34. The summed E-state index contributed by atoms with van der Waals surface area (Å²) >= 11 is 0. The van der Waals surface area contributed by atoms with Gasteiger partial charge in [-0.25, -0.2) is 12.8 Å². The molecule has 0 aliphatic rings. The first-order valence-electron chi connectivity index (χ1n) is 9.50. The number of halogens is 4. The molecule has 0 heterocycles. The molecule has 0 spiro atoms. The summed E-state index contributed by atoms with van der Waals surface area (Å²) in [6, 6.07) is 15.0. The SMILES string of the molecule is Cc1ccc(S(=O)(=O)N(CC(=O)Cc2ccccc2C(F)(F)F)c2ccc(F)cc2)cc1. The van der Waals surface area contributed by atoms with Gasteiger partial charge in [0.25, 0.3) is 10.0 Å². The highest BCUT2D eigenvalue weighted by molar-refractivity contribution is 7.92. The van der Waals surface area contributed by atoms with E-state index in [1.807, 2.05) is 0 Å². The van der Waals surface area contributed by atoms with Crippen molar-refractivity contribution >= 4 is 21.5 Å². The van der Waals surface area contributed by atoms with Crippen molar-refractivity contribution in [2.75, 3.05) is 10.8 Å². The predicted molar refractivity (Wildman–Crippen MR) is 112 cm³/mol. The van der Waals surface area contributed by atoms with Crippen molar-refractivity contribution in [1.82, 2.24) is 0 Å². The number of aryl methyl sites for hydroxylation is 1. The lowest BCUT2D eigenvalue weighted by atomic mass is 10.0. The zero-order valence-corrected chi connectivity index (χ0v) is 17.8. The van der Waals surface area contributed by atoms with E-state index in [-0.39, 0.29) is 16.1 Å². The molecule has 9 heteroatoms. The van der Waals surface area contributed by atoms with Crippen LogP contribution in [0.1, 0.15) is 16.7 Å². The molecule has 0 N–H and O–H groups in total. The fourth-order valence-electron chi connectivity index (χ4n) is 3.14. The van der Waals surface area contributed by atoms with Crippen molar-refractivity contribution in [2.45, 2.75) is 24.4 Å². The van der Waals surface area contributed by atoms with Crippen molar-refractivity contribution < 1.29 is 30.8 Å². The largest absolute Gasteiger partial charge is 0.416 e. The first kappa shape index (κ1) is 23.5. The Bertz CT molecular complexity index is 1210. The van der Waals surface area contributed by atoms with Gasteiger partial charge in [-0.1, -0.05) is 35.9 Å². The highest BCUT2D eigenvalue weighted by atomic mass is 32.2. The lowest BCUT2D eigenvalue weighted by Gasteiger charge is -2.24. The monoisotopic (exact) mass is 465 g/mol. The number of carbonyl (C=O) groups excluding carboxylic acids is 1. The second kappa shape index (κ2) is 9.12. The second-order valence-corrected chi connectivity index (χ2v) is 9.03. The van der Waals surface area contributed by atoms with E-state index in [1.165, 1.54) is 42.5 Å². The number of alkyl halides is 3. The molecule has 168 valence electrons. The number of rotatable bonds is 7. The zero-order chi connectivity index (χ0) is 23.5. The minimum Gasteiger partial charge on any atom is -0.297 e. The maximum Gasteiger partial charge on any atom is 0.416 e. The Morgan fingerprint density at radius 1 is 0.906 bits per heavy atom. The number of carbonyl (C=O) groups is 1. The Kier molecular flexibility index (Phi) is 6.68. The number of ketones is 1. The fraction of sp³-hybridized carbons (Fsp3) is 0.174. The number of sulfonamides is 1. The van der Waals surface area contributed by atoms with Gasteiger partial charge in [0.1, 0.15) is 5.82 Å². The van der Waals surface area contributed by atoms with Gasteiger partial charge in [-0.15, -0.1) is 0 Å². The number of hydrogen-bond donors (Lipinski definition) is 0. The van der Waals surface area contributed by atoms with Crippen molar-refractivity contribution in [2.24, 2.45) is 0 Å². The van der Waals surface area contributed by atoms with Crippen LogP contribution in [0.4, 0.5) is 23.2 Å². The molecule has 0 saturated heterocycles. The van der Waals surface area contributed by atoms with Gasteiger partial charge >= 0.3 is 6.18 Å². The van der Waals surface area contributed by atoms with Crippen LogP contribution in [0.5, 0.6) is 0 Å². The molecule has 32 heavy (non-hydrogen) atoms. The quantitative estimate of drug-likeness (QED) is 0.453. The van der Waals surface area contributed by atoms with Gasteiger partial charge in [0.15, 0.2) is 5.78 Å². The molecule has 0 radical (unpaired) electrons. The first-order valence-corrected chi connectivity index (χ1v) is 10.9. The molecule has 0 bridgehead atoms. The summed E-state index contributed by atoms with van der Waals surface area (Å²) in [5, 5.41) is 0. The Morgan fingerprint density at radius 3 is 2.09 bits per heavy atom. The van der Waals surface area contributed by atoms with E-state index in [1.54, 1.807) is 19.1 Å². The van der Waals surface area contributed by atoms with Gasteiger partial charge in [0.2, 0.25) is 0 Å². The molecule has 0 fully saturated rings. The fourth-order valence-corrected chi connectivity index (χ4v) is 4.59. The average molecular weight is 465 g/mol. The van der Waals surface area contributed by atoms with Crippen molar-refractivity contribution in [1.29, 1.82) is 0 Å². The van der Waals surface area contributed by atoms with Crippen LogP contribution in [0.2, 0.25) is 0 Å². The number of anilines is 1. The summed E-state index contributed by atoms with van der Waals surface area (Å²) in [4.78, 5) is 12.6. The van der Waals surface area contributed by atoms with E-state index in [9.17, 15) is 30.8 Å². The predicted octanol–water partition coefficient (Wildman–Crippen LogP) is 5.16. The molecular formula is C23H19F4NO3S. The third-order valence-corrected chi connectivity index (χ3v) is 6.54. The third-order valence-electron chi connectivity index (χ3n) is 4.75. The Morgan fingerprint density at radius 2 is 1.50 bits per heavy atom. The van der Waals surface area contributed by atoms with Crippen molar-refractivity contribution in [3.63, 3.8) is 0 Å². The lowest BCUT2D eigenvalue weighted by molar-refractivity contribution is -0.138. The van der Waals surface area contributed by atoms with Crippen LogP contribution in [0.15, 0.2) is 77.7 Å². The molecule has 0 atom stereocenters. The van der Waals surface area contributed by atoms with E-state index in [4.69, 9.17) is 0 Å². The average Bonchev–Trinajstić information content (AvgIpc) is 2.72. The van der Waals surface area contributed by atoms with Crippen LogP contribution in [0, 0.1) is 12.7 Å². The number of nitrogens with zero attached hydrogens (tertiary/aromatic N) is 1. The van der Waals surface area contributed by atoms with Crippen LogP contribution in [-0.2, 0) is 27.4 Å². The smallest absolute Gasteiger partial charge is 0.297 e. The summed E-state index contributed by atoms with van der Waals surface area (Å²) in [6.45, 7) is 1.06. The maximum atomic E-state index is 13.4. The van der Waals surface area contributed by atoms with E-state index in [2.05, 4.69) is 0 Å². The minimum absolute atomic E-state index is 0.0180. The second-order valence-electron chi connectivity index (χ2n) is 7.17. The molecule has 0 saturated carbocycles. The molecule has 0 amide bonds. The van der Waals surface area contributed by atoms with Gasteiger partial charge in [0.05, 0.1) is 22.7 Å². The minimum atomic E-state index is -4.65. The van der Waals surface area contributed by atoms with Gasteiger partial charge < -0.3 is 0 Å². The number of benzene rings is 3. The van der Waals surface area contributed by atoms with Gasteiger partial charge in [-0.05, 0) is 55.0 Å². The van der Waals surface area contributed by atoms with Crippen molar-refractivity contribution in [3.8, 4) is 0 Å². The van der Waals surface area contributed by atoms with Gasteiger partial charge in [-0.3, -0.25) is 9.10 Å². The Balaban J connectivity index is 1.96. The molecule has 3 rings (SSSR count). The maximum absolute atomic E-state index is 13.4. The molecule has 3 aromatic rings. The Hall–Kier alpha value is -3.20. The summed E-state index contributed by atoms with van der Waals surface area (Å²) in [5.41, 5.74) is -0.374. The molecule has 0 unspecified atom stereocenters. The standard InChI is InChI=1S/C23H19F4NO3S/c1-16-6-12-21(13-7-16)32(30,31)28(19-10-8-18(24)9-11-19)15-20(29)14-17-4-2-3-5-22(17)23(25,26)27/h2-13H,14-15H2,1H3. The lowest BCUT2D eigenvalue weighted by Crippen LogP contribution is -2.36. The van der Waals surface area contributed by atoms with Crippen LogP contribution in [0.25, 0.3) is 0 Å². The van der Waals surface area contributed by atoms with Gasteiger partial charge in [0, 0.05) is 6.42 Å². The Labute approximate surface area is 183 Å². The summed E-state index contributed by atoms with van der Waals surface area (Å²) in [6.07, 6.45) is -5.27. The van der Waals surface area contributed by atoms with E-state index in [0.29, 0.717) is 0 Å². The van der Waals surface area contributed by atoms with Gasteiger partial charge in [-0.2, -0.15) is 13.2 Å². The van der Waals surface area contributed by atoms with E-state index >= 15 is 0 Å². The summed E-state index contributed by atoms with van der Waals surface area (Å²) in [7, 11) is -4.24. The molecule has 0 aliphatic carbocycles. The summed E-state index contributed by atoms with van der Waals surface area (Å²) < 4.78 is 80.4. The molecule has 0 aliphatic heterocycles. The molecule has 3 aromatic carbocycles. The topological polar surface area (TPSA) is 54.5 Å². The van der Waals surface area contributed by atoms with E-state index < -0.39 is 46.3 Å². The molecule has 0 aromatic heterocycles. The zero-order valence-electron chi connectivity index (χ0n) is 16.9. The molecular weight excluding hydrogens is 446 g/mol. The van der Waals surface area contributed by atoms with Crippen LogP contribution in [0.3, 0.4) is 0 Å². The summed E-state index contributed by atoms with van der Waals surface area (Å²) in [5.74, 6) is -1.35. The highest BCUT2D eigenvalue weighted by Crippen LogP contribution is 2.32. The highest BCUT2D eigenvalue weighted by Gasteiger charge is 2.34. The van der Waals surface area contributed by atoms with Crippen LogP contribution in [-0.4, -0.2) is 20.7 Å². The normalized spacial score (nSPS) is 11.9. The number of hydrogen-bond acceptors (Lipinski definition) is 3. The van der Waals surface area contributed by atoms with Crippen molar-refractivity contribution in [3.05, 3.63) is 95.3 Å². The van der Waals surface area contributed by atoms with Crippen LogP contribution < -0.4 is 4.31 Å².